The van der Waals surface area contributed by atoms with E-state index < -0.39 is 0 Å². The minimum absolute atomic E-state index is 0.199. The molecule has 3 heteroatoms. The number of furan rings is 1. The first-order valence-electron chi connectivity index (χ1n) is 4.80. The highest BCUT2D eigenvalue weighted by molar-refractivity contribution is 5.92. The van der Waals surface area contributed by atoms with Crippen LogP contribution in [0.1, 0.15) is 48.4 Å². The SMILES string of the molecule is CCc1coc(C(C)C)c1C(=O)OC. The van der Waals surface area contributed by atoms with E-state index in [1.165, 1.54) is 7.11 Å². The number of carbonyl (C=O) groups is 1. The van der Waals surface area contributed by atoms with Crippen LogP contribution in [0.2, 0.25) is 0 Å². The zero-order valence-corrected chi connectivity index (χ0v) is 9.09. The van der Waals surface area contributed by atoms with Crippen molar-refractivity contribution < 1.29 is 13.9 Å². The topological polar surface area (TPSA) is 39.4 Å². The molecule has 14 heavy (non-hydrogen) atoms. The van der Waals surface area contributed by atoms with Crippen LogP contribution in [0.4, 0.5) is 0 Å². The summed E-state index contributed by atoms with van der Waals surface area (Å²) in [6.45, 7) is 5.97. The number of rotatable bonds is 3. The first-order chi connectivity index (χ1) is 6.61. The molecule has 3 nitrogen and oxygen atoms in total. The Labute approximate surface area is 84.1 Å². The molecule has 0 atom stereocenters. The Hall–Kier alpha value is -1.25. The standard InChI is InChI=1S/C11H16O3/c1-5-8-6-14-10(7(2)3)9(8)11(12)13-4/h6-7H,5H2,1-4H3. The lowest BCUT2D eigenvalue weighted by molar-refractivity contribution is 0.0596. The highest BCUT2D eigenvalue weighted by atomic mass is 16.5. The van der Waals surface area contributed by atoms with Crippen LogP contribution < -0.4 is 0 Å². The lowest BCUT2D eigenvalue weighted by Gasteiger charge is -2.04. The third-order valence-corrected chi connectivity index (χ3v) is 2.19. The molecule has 0 aromatic carbocycles. The normalized spacial score (nSPS) is 10.6. The van der Waals surface area contributed by atoms with Crippen LogP contribution in [0, 0.1) is 0 Å². The van der Waals surface area contributed by atoms with Crippen LogP contribution in [-0.4, -0.2) is 13.1 Å². The third-order valence-electron chi connectivity index (χ3n) is 2.19. The second-order valence-corrected chi connectivity index (χ2v) is 3.50. The summed E-state index contributed by atoms with van der Waals surface area (Å²) in [5, 5.41) is 0. The summed E-state index contributed by atoms with van der Waals surface area (Å²) in [6.07, 6.45) is 2.42. The van der Waals surface area contributed by atoms with Crippen LogP contribution in [-0.2, 0) is 11.2 Å². The third kappa shape index (κ3) is 1.81. The van der Waals surface area contributed by atoms with E-state index in [2.05, 4.69) is 0 Å². The van der Waals surface area contributed by atoms with Gasteiger partial charge in [-0.25, -0.2) is 4.79 Å². The van der Waals surface area contributed by atoms with Crippen molar-refractivity contribution >= 4 is 5.97 Å². The molecule has 0 radical (unpaired) electrons. The van der Waals surface area contributed by atoms with Gasteiger partial charge in [0.2, 0.25) is 0 Å². The van der Waals surface area contributed by atoms with E-state index in [0.717, 1.165) is 12.0 Å². The number of ether oxygens (including phenoxy) is 1. The lowest BCUT2D eigenvalue weighted by atomic mass is 10.0. The Balaban J connectivity index is 3.19. The maximum absolute atomic E-state index is 11.5. The molecule has 1 aromatic heterocycles. The first kappa shape index (κ1) is 10.8. The smallest absolute Gasteiger partial charge is 0.341 e. The molecule has 0 amide bonds. The van der Waals surface area contributed by atoms with Gasteiger partial charge in [-0.3, -0.25) is 0 Å². The van der Waals surface area contributed by atoms with Crippen molar-refractivity contribution in [1.29, 1.82) is 0 Å². The number of carbonyl (C=O) groups excluding carboxylic acids is 1. The van der Waals surface area contributed by atoms with Crippen molar-refractivity contribution in [2.75, 3.05) is 7.11 Å². The average molecular weight is 196 g/mol. The van der Waals surface area contributed by atoms with Crippen molar-refractivity contribution in [2.24, 2.45) is 0 Å². The van der Waals surface area contributed by atoms with Crippen molar-refractivity contribution in [3.63, 3.8) is 0 Å². The second-order valence-electron chi connectivity index (χ2n) is 3.50. The summed E-state index contributed by atoms with van der Waals surface area (Å²) in [5.74, 6) is 0.609. The van der Waals surface area contributed by atoms with Gasteiger partial charge in [-0.1, -0.05) is 20.8 Å². The van der Waals surface area contributed by atoms with E-state index in [1.54, 1.807) is 6.26 Å². The summed E-state index contributed by atoms with van der Waals surface area (Å²) in [6, 6.07) is 0. The van der Waals surface area contributed by atoms with E-state index in [-0.39, 0.29) is 11.9 Å². The van der Waals surface area contributed by atoms with Gasteiger partial charge in [0.15, 0.2) is 0 Å². The van der Waals surface area contributed by atoms with Gasteiger partial charge in [-0.2, -0.15) is 0 Å². The number of methoxy groups -OCH3 is 1. The van der Waals surface area contributed by atoms with Gasteiger partial charge in [-0.05, 0) is 6.42 Å². The highest BCUT2D eigenvalue weighted by Crippen LogP contribution is 2.25. The van der Waals surface area contributed by atoms with E-state index in [0.29, 0.717) is 11.3 Å². The minimum atomic E-state index is -0.306. The predicted octanol–water partition coefficient (Wildman–Crippen LogP) is 2.75. The molecule has 0 spiro atoms. The highest BCUT2D eigenvalue weighted by Gasteiger charge is 2.22. The minimum Gasteiger partial charge on any atom is -0.468 e. The number of hydrogen-bond donors (Lipinski definition) is 0. The monoisotopic (exact) mass is 196 g/mol. The van der Waals surface area contributed by atoms with Gasteiger partial charge < -0.3 is 9.15 Å². The largest absolute Gasteiger partial charge is 0.468 e. The van der Waals surface area contributed by atoms with E-state index >= 15 is 0 Å². The van der Waals surface area contributed by atoms with Gasteiger partial charge in [-0.15, -0.1) is 0 Å². The molecular weight excluding hydrogens is 180 g/mol. The molecule has 78 valence electrons. The van der Waals surface area contributed by atoms with E-state index in [9.17, 15) is 4.79 Å². The molecule has 0 bridgehead atoms. The summed E-state index contributed by atoms with van der Waals surface area (Å²) < 4.78 is 10.1. The molecule has 1 rings (SSSR count). The van der Waals surface area contributed by atoms with E-state index in [1.807, 2.05) is 20.8 Å². The average Bonchev–Trinajstić information content (AvgIpc) is 2.59. The Morgan fingerprint density at radius 3 is 2.64 bits per heavy atom. The number of aryl methyl sites for hydroxylation is 1. The molecule has 0 aliphatic rings. The summed E-state index contributed by atoms with van der Waals surface area (Å²) in [7, 11) is 1.39. The molecule has 0 aliphatic carbocycles. The quantitative estimate of drug-likeness (QED) is 0.698. The van der Waals surface area contributed by atoms with Crippen LogP contribution in [0.3, 0.4) is 0 Å². The van der Waals surface area contributed by atoms with Gasteiger partial charge in [0.05, 0.1) is 13.4 Å². The Bertz CT molecular complexity index is 323. The van der Waals surface area contributed by atoms with Crippen molar-refractivity contribution in [3.05, 3.63) is 23.2 Å². The fourth-order valence-corrected chi connectivity index (χ4v) is 1.43. The summed E-state index contributed by atoms with van der Waals surface area (Å²) in [5.41, 5.74) is 1.52. The maximum atomic E-state index is 11.5. The summed E-state index contributed by atoms with van der Waals surface area (Å²) >= 11 is 0. The van der Waals surface area contributed by atoms with Crippen LogP contribution in [0.25, 0.3) is 0 Å². The predicted molar refractivity (Wildman–Crippen MR) is 53.5 cm³/mol. The van der Waals surface area contributed by atoms with Crippen molar-refractivity contribution in [1.82, 2.24) is 0 Å². The second kappa shape index (κ2) is 4.31. The molecule has 0 aliphatic heterocycles. The lowest BCUT2D eigenvalue weighted by Crippen LogP contribution is -2.06. The van der Waals surface area contributed by atoms with Gasteiger partial charge in [0.25, 0.3) is 0 Å². The molecule has 1 aromatic rings. The molecule has 0 saturated heterocycles. The Kier molecular flexibility index (Phi) is 3.33. The molecule has 1 heterocycles. The van der Waals surface area contributed by atoms with Gasteiger partial charge in [0.1, 0.15) is 11.3 Å². The molecule has 0 N–H and O–H groups in total. The van der Waals surface area contributed by atoms with Crippen LogP contribution in [0.5, 0.6) is 0 Å². The van der Waals surface area contributed by atoms with Gasteiger partial charge in [0, 0.05) is 11.5 Å². The van der Waals surface area contributed by atoms with Crippen LogP contribution in [0.15, 0.2) is 10.7 Å². The number of hydrogen-bond acceptors (Lipinski definition) is 3. The zero-order valence-electron chi connectivity index (χ0n) is 9.09. The Morgan fingerprint density at radius 1 is 1.57 bits per heavy atom. The summed E-state index contributed by atoms with van der Waals surface area (Å²) in [4.78, 5) is 11.5. The Morgan fingerprint density at radius 2 is 2.21 bits per heavy atom. The molecule has 0 unspecified atom stereocenters. The number of esters is 1. The fourth-order valence-electron chi connectivity index (χ4n) is 1.43. The van der Waals surface area contributed by atoms with Crippen LogP contribution >= 0.6 is 0 Å². The first-order valence-corrected chi connectivity index (χ1v) is 4.80. The van der Waals surface area contributed by atoms with Gasteiger partial charge >= 0.3 is 5.97 Å². The van der Waals surface area contributed by atoms with E-state index in [4.69, 9.17) is 9.15 Å². The zero-order chi connectivity index (χ0) is 10.7. The molecule has 0 fully saturated rings. The molecular formula is C11H16O3. The molecule has 0 saturated carbocycles. The fraction of sp³-hybridized carbons (Fsp3) is 0.545. The van der Waals surface area contributed by atoms with Crippen molar-refractivity contribution in [2.45, 2.75) is 33.1 Å². The van der Waals surface area contributed by atoms with Crippen molar-refractivity contribution in [3.8, 4) is 0 Å². The maximum Gasteiger partial charge on any atom is 0.341 e.